The highest BCUT2D eigenvalue weighted by Gasteiger charge is 2.17. The van der Waals surface area contributed by atoms with Crippen LogP contribution in [0.4, 0.5) is 5.69 Å². The molecule has 3 rings (SSSR count). The minimum Gasteiger partial charge on any atom is -0.490 e. The van der Waals surface area contributed by atoms with E-state index in [9.17, 15) is 4.79 Å². The second-order valence-electron chi connectivity index (χ2n) is 5.94. The Kier molecular flexibility index (Phi) is 7.60. The summed E-state index contributed by atoms with van der Waals surface area (Å²) in [6.45, 7) is 3.42. The molecule has 0 unspecified atom stereocenters. The first-order valence-corrected chi connectivity index (χ1v) is 8.47. The van der Waals surface area contributed by atoms with E-state index < -0.39 is 0 Å². The van der Waals surface area contributed by atoms with Gasteiger partial charge in [-0.25, -0.2) is 0 Å². The van der Waals surface area contributed by atoms with E-state index in [1.54, 1.807) is 0 Å². The van der Waals surface area contributed by atoms with Crippen molar-refractivity contribution in [2.45, 2.75) is 25.7 Å². The van der Waals surface area contributed by atoms with Crippen LogP contribution >= 0.6 is 24.0 Å². The van der Waals surface area contributed by atoms with Crippen LogP contribution in [-0.4, -0.2) is 49.6 Å². The molecule has 0 aliphatic carbocycles. The summed E-state index contributed by atoms with van der Waals surface area (Å²) in [4.78, 5) is 18.1. The Morgan fingerprint density at radius 2 is 1.88 bits per heavy atom. The van der Waals surface area contributed by atoms with Crippen LogP contribution in [0.25, 0.3) is 0 Å². The molecule has 0 saturated carbocycles. The second-order valence-corrected chi connectivity index (χ2v) is 5.94. The SMILES string of the molecule is I.NC(=NCCC(=O)N1CCCC1)Nc1ccc2c(c1)OCCCO2. The van der Waals surface area contributed by atoms with Gasteiger partial charge >= 0.3 is 0 Å². The number of nitrogens with zero attached hydrogens (tertiary/aromatic N) is 2. The molecule has 2 heterocycles. The molecule has 25 heavy (non-hydrogen) atoms. The number of benzene rings is 1. The van der Waals surface area contributed by atoms with Gasteiger partial charge in [-0.3, -0.25) is 9.79 Å². The molecule has 0 radical (unpaired) electrons. The predicted molar refractivity (Wildman–Crippen MR) is 108 cm³/mol. The normalized spacial score (nSPS) is 16.8. The predicted octanol–water partition coefficient (Wildman–Crippen LogP) is 2.21. The lowest BCUT2D eigenvalue weighted by atomic mass is 10.3. The fourth-order valence-corrected chi connectivity index (χ4v) is 2.83. The fraction of sp³-hybridized carbons (Fsp3) is 0.529. The minimum absolute atomic E-state index is 0. The van der Waals surface area contributed by atoms with Crippen molar-refractivity contribution >= 4 is 41.5 Å². The van der Waals surface area contributed by atoms with E-state index >= 15 is 0 Å². The molecule has 0 aromatic heterocycles. The molecule has 1 aromatic carbocycles. The zero-order chi connectivity index (χ0) is 16.8. The summed E-state index contributed by atoms with van der Waals surface area (Å²) < 4.78 is 11.2. The van der Waals surface area contributed by atoms with Gasteiger partial charge in [-0.1, -0.05) is 0 Å². The number of ether oxygens (including phenoxy) is 2. The van der Waals surface area contributed by atoms with Crippen LogP contribution in [0.15, 0.2) is 23.2 Å². The number of aliphatic imine (C=N–C) groups is 1. The summed E-state index contributed by atoms with van der Waals surface area (Å²) in [6, 6.07) is 5.57. The Balaban J connectivity index is 0.00000225. The number of hydrogen-bond acceptors (Lipinski definition) is 4. The van der Waals surface area contributed by atoms with Crippen molar-refractivity contribution in [2.75, 3.05) is 38.2 Å². The van der Waals surface area contributed by atoms with Gasteiger partial charge < -0.3 is 25.4 Å². The lowest BCUT2D eigenvalue weighted by Gasteiger charge is -2.14. The molecular formula is C17H25IN4O3. The van der Waals surface area contributed by atoms with E-state index in [1.807, 2.05) is 23.1 Å². The van der Waals surface area contributed by atoms with Gasteiger partial charge in [0.25, 0.3) is 0 Å². The minimum atomic E-state index is 0. The number of halogens is 1. The van der Waals surface area contributed by atoms with Gasteiger partial charge in [-0.15, -0.1) is 24.0 Å². The third kappa shape index (κ3) is 5.65. The standard InChI is InChI=1S/C17H24N4O3.HI/c18-17(19-7-6-16(22)21-8-1-2-9-21)20-13-4-5-14-15(12-13)24-11-3-10-23-14;/h4-5,12H,1-3,6-11H2,(H3,18,19,20);1H. The topological polar surface area (TPSA) is 89.2 Å². The average Bonchev–Trinajstić information content (AvgIpc) is 3.01. The number of nitrogens with one attached hydrogen (secondary N) is 1. The lowest BCUT2D eigenvalue weighted by molar-refractivity contribution is -0.129. The van der Waals surface area contributed by atoms with Crippen molar-refractivity contribution in [1.82, 2.24) is 4.90 Å². The number of likely N-dealkylation sites (tertiary alicyclic amines) is 1. The van der Waals surface area contributed by atoms with Crippen LogP contribution in [0.5, 0.6) is 11.5 Å². The van der Waals surface area contributed by atoms with Gasteiger partial charge in [-0.05, 0) is 25.0 Å². The van der Waals surface area contributed by atoms with Crippen molar-refractivity contribution in [3.05, 3.63) is 18.2 Å². The van der Waals surface area contributed by atoms with Crippen molar-refractivity contribution in [3.8, 4) is 11.5 Å². The van der Waals surface area contributed by atoms with E-state index in [-0.39, 0.29) is 29.9 Å². The number of guanidine groups is 1. The van der Waals surface area contributed by atoms with Gasteiger partial charge in [0.2, 0.25) is 5.91 Å². The largest absolute Gasteiger partial charge is 0.490 e. The van der Waals surface area contributed by atoms with Gasteiger partial charge in [0.1, 0.15) is 0 Å². The molecule has 138 valence electrons. The first-order valence-electron chi connectivity index (χ1n) is 8.47. The van der Waals surface area contributed by atoms with E-state index in [2.05, 4.69) is 10.3 Å². The Labute approximate surface area is 165 Å². The maximum Gasteiger partial charge on any atom is 0.224 e. The molecule has 7 nitrogen and oxygen atoms in total. The molecule has 8 heteroatoms. The van der Waals surface area contributed by atoms with E-state index in [0.717, 1.165) is 43.8 Å². The summed E-state index contributed by atoms with van der Waals surface area (Å²) in [6.07, 6.45) is 3.46. The molecule has 1 amide bonds. The van der Waals surface area contributed by atoms with Gasteiger partial charge in [0, 0.05) is 37.7 Å². The summed E-state index contributed by atoms with van der Waals surface area (Å²) in [5.74, 6) is 1.89. The zero-order valence-corrected chi connectivity index (χ0v) is 16.5. The molecule has 3 N–H and O–H groups in total. The van der Waals surface area contributed by atoms with E-state index in [0.29, 0.717) is 37.9 Å². The van der Waals surface area contributed by atoms with E-state index in [4.69, 9.17) is 15.2 Å². The number of rotatable bonds is 4. The van der Waals surface area contributed by atoms with Crippen LogP contribution in [0, 0.1) is 0 Å². The molecule has 1 aromatic rings. The highest BCUT2D eigenvalue weighted by molar-refractivity contribution is 14.0. The second kappa shape index (κ2) is 9.69. The number of nitrogens with two attached hydrogens (primary N) is 1. The first-order chi connectivity index (χ1) is 11.7. The molecular weight excluding hydrogens is 435 g/mol. The van der Waals surface area contributed by atoms with Crippen molar-refractivity contribution in [2.24, 2.45) is 10.7 Å². The number of fused-ring (bicyclic) bond motifs is 1. The van der Waals surface area contributed by atoms with Crippen molar-refractivity contribution < 1.29 is 14.3 Å². The summed E-state index contributed by atoms with van der Waals surface area (Å²) >= 11 is 0. The quantitative estimate of drug-likeness (QED) is 0.409. The third-order valence-corrected chi connectivity index (χ3v) is 4.09. The van der Waals surface area contributed by atoms with Crippen molar-refractivity contribution in [3.63, 3.8) is 0 Å². The van der Waals surface area contributed by atoms with Crippen LogP contribution in [0.3, 0.4) is 0 Å². The van der Waals surface area contributed by atoms with Gasteiger partial charge in [0.05, 0.1) is 19.8 Å². The number of anilines is 1. The molecule has 1 fully saturated rings. The summed E-state index contributed by atoms with van der Waals surface area (Å²) in [5, 5.41) is 3.02. The van der Waals surface area contributed by atoms with Crippen LogP contribution in [0.1, 0.15) is 25.7 Å². The Morgan fingerprint density at radius 3 is 2.64 bits per heavy atom. The number of hydrogen-bond donors (Lipinski definition) is 2. The molecule has 0 atom stereocenters. The number of carbonyl (C=O) groups excluding carboxylic acids is 1. The maximum atomic E-state index is 11.9. The molecule has 0 spiro atoms. The van der Waals surface area contributed by atoms with Gasteiger partial charge in [-0.2, -0.15) is 0 Å². The molecule has 0 bridgehead atoms. The number of amides is 1. The third-order valence-electron chi connectivity index (χ3n) is 4.09. The average molecular weight is 460 g/mol. The highest BCUT2D eigenvalue weighted by atomic mass is 127. The van der Waals surface area contributed by atoms with Crippen LogP contribution < -0.4 is 20.5 Å². The maximum absolute atomic E-state index is 11.9. The summed E-state index contributed by atoms with van der Waals surface area (Å²) in [5.41, 5.74) is 6.68. The Morgan fingerprint density at radius 1 is 1.16 bits per heavy atom. The lowest BCUT2D eigenvalue weighted by Crippen LogP contribution is -2.28. The summed E-state index contributed by atoms with van der Waals surface area (Å²) in [7, 11) is 0. The molecule has 2 aliphatic heterocycles. The zero-order valence-electron chi connectivity index (χ0n) is 14.2. The fourth-order valence-electron chi connectivity index (χ4n) is 2.83. The first kappa shape index (κ1) is 19.6. The smallest absolute Gasteiger partial charge is 0.224 e. The Bertz CT molecular complexity index is 618. The monoisotopic (exact) mass is 460 g/mol. The molecule has 2 aliphatic rings. The van der Waals surface area contributed by atoms with Crippen LogP contribution in [0.2, 0.25) is 0 Å². The Hall–Kier alpha value is -1.71. The van der Waals surface area contributed by atoms with Crippen LogP contribution in [-0.2, 0) is 4.79 Å². The number of carbonyl (C=O) groups is 1. The van der Waals surface area contributed by atoms with Crippen molar-refractivity contribution in [1.29, 1.82) is 0 Å². The highest BCUT2D eigenvalue weighted by Crippen LogP contribution is 2.32. The van der Waals surface area contributed by atoms with Gasteiger partial charge in [0.15, 0.2) is 17.5 Å². The molecule has 1 saturated heterocycles. The van der Waals surface area contributed by atoms with E-state index in [1.165, 1.54) is 0 Å².